The van der Waals surface area contributed by atoms with E-state index in [-0.39, 0.29) is 12.5 Å². The molecular weight excluding hydrogens is 252 g/mol. The molecule has 90 valence electrons. The van der Waals surface area contributed by atoms with Gasteiger partial charge in [-0.3, -0.25) is 9.17 Å². The van der Waals surface area contributed by atoms with Crippen LogP contribution in [0.15, 0.2) is 18.5 Å². The molecule has 0 amide bonds. The lowest BCUT2D eigenvalue weighted by atomic mass is 9.99. The second kappa shape index (κ2) is 5.58. The minimum atomic E-state index is -3.86. The molecule has 0 saturated carbocycles. The third-order valence-electron chi connectivity index (χ3n) is 2.13. The standard InChI is InChI=1S/C9H13ClN2O3S/c1-7(3-5-15-16(11,13)14)8-2-4-12-6-9(8)10/h2,4,6-7H,3,5H2,1H3,(H2,11,13,14). The summed E-state index contributed by atoms with van der Waals surface area (Å²) in [5, 5.41) is 5.26. The Balaban J connectivity index is 2.54. The normalized spacial score (nSPS) is 13.7. The van der Waals surface area contributed by atoms with Gasteiger partial charge < -0.3 is 0 Å². The molecule has 7 heteroatoms. The van der Waals surface area contributed by atoms with Crippen LogP contribution in [-0.2, 0) is 14.5 Å². The Hall–Kier alpha value is -0.690. The van der Waals surface area contributed by atoms with Crippen LogP contribution in [0.1, 0.15) is 24.8 Å². The third-order valence-corrected chi connectivity index (χ3v) is 2.94. The maximum absolute atomic E-state index is 10.5. The molecule has 0 aliphatic rings. The molecule has 1 atom stereocenters. The Bertz CT molecular complexity index is 450. The van der Waals surface area contributed by atoms with E-state index in [1.54, 1.807) is 18.5 Å². The van der Waals surface area contributed by atoms with Gasteiger partial charge in [-0.05, 0) is 24.0 Å². The largest absolute Gasteiger partial charge is 0.333 e. The lowest BCUT2D eigenvalue weighted by Gasteiger charge is -2.12. The Morgan fingerprint density at radius 3 is 2.88 bits per heavy atom. The summed E-state index contributed by atoms with van der Waals surface area (Å²) < 4.78 is 25.5. The molecule has 0 aliphatic heterocycles. The van der Waals surface area contributed by atoms with Crippen molar-refractivity contribution in [3.63, 3.8) is 0 Å². The highest BCUT2D eigenvalue weighted by Gasteiger charge is 2.11. The van der Waals surface area contributed by atoms with Gasteiger partial charge >= 0.3 is 10.3 Å². The molecule has 5 nitrogen and oxygen atoms in total. The molecule has 0 spiro atoms. The van der Waals surface area contributed by atoms with Crippen LogP contribution >= 0.6 is 11.6 Å². The van der Waals surface area contributed by atoms with Gasteiger partial charge in [0.25, 0.3) is 0 Å². The molecular formula is C9H13ClN2O3S. The molecule has 0 fully saturated rings. The molecule has 1 aromatic rings. The molecule has 1 heterocycles. The first kappa shape index (κ1) is 13.4. The van der Waals surface area contributed by atoms with Crippen molar-refractivity contribution < 1.29 is 12.6 Å². The topological polar surface area (TPSA) is 82.3 Å². The molecule has 0 radical (unpaired) electrons. The Morgan fingerprint density at radius 2 is 2.31 bits per heavy atom. The Kier molecular flexibility index (Phi) is 4.67. The van der Waals surface area contributed by atoms with Gasteiger partial charge in [0.15, 0.2) is 0 Å². The van der Waals surface area contributed by atoms with Crippen LogP contribution in [0.4, 0.5) is 0 Å². The minimum absolute atomic E-state index is 0.0403. The van der Waals surface area contributed by atoms with Crippen molar-refractivity contribution in [1.82, 2.24) is 4.98 Å². The summed E-state index contributed by atoms with van der Waals surface area (Å²) in [6.07, 6.45) is 3.70. The van der Waals surface area contributed by atoms with Crippen LogP contribution in [-0.4, -0.2) is 20.0 Å². The van der Waals surface area contributed by atoms with Crippen molar-refractivity contribution in [3.05, 3.63) is 29.0 Å². The van der Waals surface area contributed by atoms with Crippen LogP contribution in [0.3, 0.4) is 0 Å². The number of rotatable bonds is 5. The number of hydrogen-bond acceptors (Lipinski definition) is 4. The lowest BCUT2D eigenvalue weighted by Crippen LogP contribution is -2.17. The van der Waals surface area contributed by atoms with E-state index in [1.807, 2.05) is 6.92 Å². The van der Waals surface area contributed by atoms with Gasteiger partial charge in [-0.2, -0.15) is 8.42 Å². The fourth-order valence-electron chi connectivity index (χ4n) is 1.28. The number of nitrogens with zero attached hydrogens (tertiary/aromatic N) is 1. The Morgan fingerprint density at radius 1 is 1.62 bits per heavy atom. The van der Waals surface area contributed by atoms with Crippen LogP contribution in [0.5, 0.6) is 0 Å². The first-order valence-corrected chi connectivity index (χ1v) is 6.51. The van der Waals surface area contributed by atoms with E-state index in [1.165, 1.54) is 0 Å². The molecule has 0 saturated heterocycles. The fourth-order valence-corrected chi connectivity index (χ4v) is 1.92. The number of aromatic nitrogens is 1. The van der Waals surface area contributed by atoms with Gasteiger partial charge in [-0.1, -0.05) is 18.5 Å². The van der Waals surface area contributed by atoms with E-state index < -0.39 is 10.3 Å². The summed E-state index contributed by atoms with van der Waals surface area (Å²) >= 11 is 5.94. The maximum atomic E-state index is 10.5. The van der Waals surface area contributed by atoms with Crippen LogP contribution in [0.25, 0.3) is 0 Å². The molecule has 1 unspecified atom stereocenters. The van der Waals surface area contributed by atoms with Gasteiger partial charge in [0.05, 0.1) is 11.6 Å². The number of nitrogens with two attached hydrogens (primary N) is 1. The number of halogens is 1. The summed E-state index contributed by atoms with van der Waals surface area (Å²) in [6.45, 7) is 1.96. The van der Waals surface area contributed by atoms with Gasteiger partial charge in [-0.15, -0.1) is 0 Å². The van der Waals surface area contributed by atoms with Crippen LogP contribution < -0.4 is 5.14 Å². The summed E-state index contributed by atoms with van der Waals surface area (Å²) in [6, 6.07) is 1.80. The highest BCUT2D eigenvalue weighted by atomic mass is 35.5. The maximum Gasteiger partial charge on any atom is 0.333 e. The van der Waals surface area contributed by atoms with E-state index >= 15 is 0 Å². The zero-order valence-electron chi connectivity index (χ0n) is 8.76. The predicted octanol–water partition coefficient (Wildman–Crippen LogP) is 1.45. The SMILES string of the molecule is CC(CCOS(N)(=O)=O)c1ccncc1Cl. The second-order valence-electron chi connectivity index (χ2n) is 3.40. The van der Waals surface area contributed by atoms with Crippen LogP contribution in [0, 0.1) is 0 Å². The zero-order chi connectivity index (χ0) is 12.2. The molecule has 1 aromatic heterocycles. The number of pyridine rings is 1. The fraction of sp³-hybridized carbons (Fsp3) is 0.444. The zero-order valence-corrected chi connectivity index (χ0v) is 10.3. The van der Waals surface area contributed by atoms with E-state index in [9.17, 15) is 8.42 Å². The molecule has 2 N–H and O–H groups in total. The van der Waals surface area contributed by atoms with E-state index in [0.717, 1.165) is 5.56 Å². The van der Waals surface area contributed by atoms with E-state index in [0.29, 0.717) is 11.4 Å². The molecule has 1 rings (SSSR count). The van der Waals surface area contributed by atoms with Crippen molar-refractivity contribution in [2.24, 2.45) is 5.14 Å². The van der Waals surface area contributed by atoms with Gasteiger partial charge in [0.2, 0.25) is 0 Å². The summed E-state index contributed by atoms with van der Waals surface area (Å²) in [4.78, 5) is 3.87. The monoisotopic (exact) mass is 264 g/mol. The van der Waals surface area contributed by atoms with Crippen LogP contribution in [0.2, 0.25) is 5.02 Å². The quantitative estimate of drug-likeness (QED) is 0.873. The molecule has 0 aliphatic carbocycles. The number of hydrogen-bond donors (Lipinski definition) is 1. The highest BCUT2D eigenvalue weighted by molar-refractivity contribution is 7.84. The van der Waals surface area contributed by atoms with Crippen molar-refractivity contribution in [3.8, 4) is 0 Å². The predicted molar refractivity (Wildman–Crippen MR) is 61.3 cm³/mol. The summed E-state index contributed by atoms with van der Waals surface area (Å²) in [7, 11) is -3.86. The van der Waals surface area contributed by atoms with E-state index in [4.69, 9.17) is 16.7 Å². The summed E-state index contributed by atoms with van der Waals surface area (Å²) in [5.74, 6) is 0.0808. The second-order valence-corrected chi connectivity index (χ2v) is 5.03. The van der Waals surface area contributed by atoms with Crippen molar-refractivity contribution >= 4 is 21.9 Å². The summed E-state index contributed by atoms with van der Waals surface area (Å²) in [5.41, 5.74) is 0.912. The van der Waals surface area contributed by atoms with Gasteiger partial charge in [0.1, 0.15) is 0 Å². The van der Waals surface area contributed by atoms with E-state index in [2.05, 4.69) is 9.17 Å². The average Bonchev–Trinajstić information content (AvgIpc) is 2.16. The Labute approximate surface area is 99.8 Å². The van der Waals surface area contributed by atoms with Crippen molar-refractivity contribution in [2.45, 2.75) is 19.3 Å². The first-order chi connectivity index (χ1) is 7.40. The van der Waals surface area contributed by atoms with Gasteiger partial charge in [-0.25, -0.2) is 5.14 Å². The highest BCUT2D eigenvalue weighted by Crippen LogP contribution is 2.25. The van der Waals surface area contributed by atoms with Crippen molar-refractivity contribution in [2.75, 3.05) is 6.61 Å². The molecule has 0 bridgehead atoms. The first-order valence-electron chi connectivity index (χ1n) is 4.66. The lowest BCUT2D eigenvalue weighted by molar-refractivity contribution is 0.303. The molecule has 0 aromatic carbocycles. The van der Waals surface area contributed by atoms with Gasteiger partial charge in [0, 0.05) is 12.4 Å². The average molecular weight is 265 g/mol. The minimum Gasteiger partial charge on any atom is -0.263 e. The third kappa shape index (κ3) is 4.44. The van der Waals surface area contributed by atoms with Crippen molar-refractivity contribution in [1.29, 1.82) is 0 Å². The smallest absolute Gasteiger partial charge is 0.263 e. The molecule has 16 heavy (non-hydrogen) atoms.